The predicted octanol–water partition coefficient (Wildman–Crippen LogP) is 0.809. The fourth-order valence-corrected chi connectivity index (χ4v) is 3.59. The highest BCUT2D eigenvalue weighted by atomic mass is 32.2. The van der Waals surface area contributed by atoms with Crippen molar-refractivity contribution in [1.29, 1.82) is 0 Å². The Kier molecular flexibility index (Phi) is 3.74. The molecule has 1 atom stereocenters. The van der Waals surface area contributed by atoms with Crippen molar-refractivity contribution in [3.05, 3.63) is 0 Å². The Balaban J connectivity index is 2.18. The van der Waals surface area contributed by atoms with Crippen LogP contribution in [0.25, 0.3) is 0 Å². The van der Waals surface area contributed by atoms with Crippen LogP contribution >= 0.6 is 0 Å². The highest BCUT2D eigenvalue weighted by Crippen LogP contribution is 2.20. The minimum Gasteiger partial charge on any atom is -0.315 e. The lowest BCUT2D eigenvalue weighted by Crippen LogP contribution is -2.25. The highest BCUT2D eigenvalue weighted by molar-refractivity contribution is 7.91. The van der Waals surface area contributed by atoms with Gasteiger partial charge >= 0.3 is 0 Å². The van der Waals surface area contributed by atoms with E-state index >= 15 is 0 Å². The van der Waals surface area contributed by atoms with Gasteiger partial charge in [-0.05, 0) is 25.3 Å². The summed E-state index contributed by atoms with van der Waals surface area (Å²) in [6.07, 6.45) is 1.86. The average molecular weight is 205 g/mol. The highest BCUT2D eigenvalue weighted by Gasteiger charge is 2.27. The molecule has 1 aliphatic rings. The second-order valence-corrected chi connectivity index (χ2v) is 6.40. The summed E-state index contributed by atoms with van der Waals surface area (Å²) in [4.78, 5) is 0. The zero-order valence-electron chi connectivity index (χ0n) is 8.41. The molecule has 0 aromatic rings. The number of hydrogen-bond acceptors (Lipinski definition) is 3. The van der Waals surface area contributed by atoms with Gasteiger partial charge in [-0.1, -0.05) is 13.8 Å². The Morgan fingerprint density at radius 3 is 2.62 bits per heavy atom. The Bertz CT molecular complexity index is 246. The van der Waals surface area contributed by atoms with Crippen LogP contribution in [0.2, 0.25) is 0 Å². The Morgan fingerprint density at radius 2 is 2.15 bits per heavy atom. The van der Waals surface area contributed by atoms with E-state index in [9.17, 15) is 8.42 Å². The van der Waals surface area contributed by atoms with Crippen molar-refractivity contribution in [2.75, 3.05) is 18.1 Å². The molecule has 4 heteroatoms. The van der Waals surface area contributed by atoms with Gasteiger partial charge in [-0.25, -0.2) is 8.42 Å². The molecule has 13 heavy (non-hydrogen) atoms. The van der Waals surface area contributed by atoms with Crippen molar-refractivity contribution in [2.45, 2.75) is 32.7 Å². The molecule has 1 rings (SSSR count). The second kappa shape index (κ2) is 4.42. The van der Waals surface area contributed by atoms with Gasteiger partial charge in [0, 0.05) is 6.04 Å². The van der Waals surface area contributed by atoms with E-state index in [1.54, 1.807) is 0 Å². The first-order chi connectivity index (χ1) is 5.99. The van der Waals surface area contributed by atoms with E-state index in [1.165, 1.54) is 0 Å². The van der Waals surface area contributed by atoms with Crippen molar-refractivity contribution in [2.24, 2.45) is 5.92 Å². The molecule has 0 amide bonds. The van der Waals surface area contributed by atoms with E-state index < -0.39 is 9.84 Å². The van der Waals surface area contributed by atoms with E-state index in [0.717, 1.165) is 19.4 Å². The molecule has 3 nitrogen and oxygen atoms in total. The van der Waals surface area contributed by atoms with Gasteiger partial charge in [-0.3, -0.25) is 0 Å². The maximum absolute atomic E-state index is 11.1. The number of hydrogen-bond donors (Lipinski definition) is 1. The zero-order chi connectivity index (χ0) is 9.90. The summed E-state index contributed by atoms with van der Waals surface area (Å²) < 4.78 is 22.2. The van der Waals surface area contributed by atoms with Crippen molar-refractivity contribution in [3.63, 3.8) is 0 Å². The molecule has 78 valence electrons. The van der Waals surface area contributed by atoms with Crippen LogP contribution in [0, 0.1) is 5.92 Å². The molecule has 0 aromatic heterocycles. The van der Waals surface area contributed by atoms with Gasteiger partial charge in [0.15, 0.2) is 9.84 Å². The molecule has 0 bridgehead atoms. The summed E-state index contributed by atoms with van der Waals surface area (Å²) in [6.45, 7) is 5.15. The van der Waals surface area contributed by atoms with Gasteiger partial charge in [-0.2, -0.15) is 0 Å². The Morgan fingerprint density at radius 1 is 1.46 bits per heavy atom. The van der Waals surface area contributed by atoms with Crippen molar-refractivity contribution < 1.29 is 8.42 Å². The first-order valence-corrected chi connectivity index (χ1v) is 6.75. The summed E-state index contributed by atoms with van der Waals surface area (Å²) in [6, 6.07) is 0.498. The molecule has 1 N–H and O–H groups in total. The first kappa shape index (κ1) is 11.0. The molecular formula is C9H19NO2S. The van der Waals surface area contributed by atoms with Gasteiger partial charge in [0.2, 0.25) is 0 Å². The lowest BCUT2D eigenvalue weighted by atomic mass is 10.1. The first-order valence-electron chi connectivity index (χ1n) is 4.93. The lowest BCUT2D eigenvalue weighted by molar-refractivity contribution is 0.484. The smallest absolute Gasteiger partial charge is 0.150 e. The second-order valence-electron chi connectivity index (χ2n) is 4.17. The topological polar surface area (TPSA) is 46.2 Å². The third kappa shape index (κ3) is 4.09. The minimum atomic E-state index is -2.67. The minimum absolute atomic E-state index is 0.399. The molecule has 1 saturated heterocycles. The Labute approximate surface area is 80.8 Å². The van der Waals surface area contributed by atoms with Crippen LogP contribution < -0.4 is 5.32 Å². The molecule has 0 spiro atoms. The van der Waals surface area contributed by atoms with Crippen LogP contribution in [-0.2, 0) is 9.84 Å². The molecule has 0 saturated carbocycles. The van der Waals surface area contributed by atoms with Crippen LogP contribution in [0.3, 0.4) is 0 Å². The van der Waals surface area contributed by atoms with E-state index in [0.29, 0.717) is 23.5 Å². The summed E-state index contributed by atoms with van der Waals surface area (Å²) in [5.41, 5.74) is 0. The standard InChI is InChI=1S/C9H19NO2S/c1-8(2)10-5-3-9-4-6-13(11,12)7-9/h8-10H,3-7H2,1-2H3. The average Bonchev–Trinajstić information content (AvgIpc) is 2.29. The van der Waals surface area contributed by atoms with Gasteiger partial charge in [-0.15, -0.1) is 0 Å². The van der Waals surface area contributed by atoms with Crippen LogP contribution in [0.1, 0.15) is 26.7 Å². The summed E-state index contributed by atoms with van der Waals surface area (Å²) >= 11 is 0. The molecular weight excluding hydrogens is 186 g/mol. The van der Waals surface area contributed by atoms with E-state index in [1.807, 2.05) is 0 Å². The van der Waals surface area contributed by atoms with Crippen LogP contribution in [0.5, 0.6) is 0 Å². The fraction of sp³-hybridized carbons (Fsp3) is 1.00. The van der Waals surface area contributed by atoms with Crippen LogP contribution in [0.4, 0.5) is 0 Å². The predicted molar refractivity (Wildman–Crippen MR) is 54.5 cm³/mol. The third-order valence-electron chi connectivity index (χ3n) is 2.43. The van der Waals surface area contributed by atoms with Gasteiger partial charge in [0.05, 0.1) is 11.5 Å². The van der Waals surface area contributed by atoms with E-state index in [4.69, 9.17) is 0 Å². The number of sulfone groups is 1. The number of rotatable bonds is 4. The molecule has 0 aromatic carbocycles. The van der Waals surface area contributed by atoms with Crippen molar-refractivity contribution in [3.8, 4) is 0 Å². The summed E-state index contributed by atoms with van der Waals surface area (Å²) in [5.74, 6) is 1.21. The lowest BCUT2D eigenvalue weighted by Gasteiger charge is -2.10. The monoisotopic (exact) mass is 205 g/mol. The molecule has 1 heterocycles. The maximum atomic E-state index is 11.1. The molecule has 0 radical (unpaired) electrons. The van der Waals surface area contributed by atoms with Gasteiger partial charge in [0.25, 0.3) is 0 Å². The summed E-state index contributed by atoms with van der Waals surface area (Å²) in [7, 11) is -2.67. The molecule has 1 aliphatic heterocycles. The fourth-order valence-electron chi connectivity index (χ4n) is 1.68. The largest absolute Gasteiger partial charge is 0.315 e. The molecule has 1 fully saturated rings. The molecule has 1 unspecified atom stereocenters. The van der Waals surface area contributed by atoms with Crippen LogP contribution in [-0.4, -0.2) is 32.5 Å². The molecule has 0 aliphatic carbocycles. The maximum Gasteiger partial charge on any atom is 0.150 e. The zero-order valence-corrected chi connectivity index (χ0v) is 9.23. The van der Waals surface area contributed by atoms with E-state index in [-0.39, 0.29) is 0 Å². The van der Waals surface area contributed by atoms with Gasteiger partial charge < -0.3 is 5.32 Å². The van der Waals surface area contributed by atoms with Crippen molar-refractivity contribution >= 4 is 9.84 Å². The van der Waals surface area contributed by atoms with Crippen molar-refractivity contribution in [1.82, 2.24) is 5.32 Å². The summed E-state index contributed by atoms with van der Waals surface area (Å²) in [5, 5.41) is 3.30. The number of nitrogens with one attached hydrogen (secondary N) is 1. The Hall–Kier alpha value is -0.0900. The van der Waals surface area contributed by atoms with Crippen LogP contribution in [0.15, 0.2) is 0 Å². The van der Waals surface area contributed by atoms with E-state index in [2.05, 4.69) is 19.2 Å². The SMILES string of the molecule is CC(C)NCCC1CCS(=O)(=O)C1. The quantitative estimate of drug-likeness (QED) is 0.739. The normalized spacial score (nSPS) is 26.8. The third-order valence-corrected chi connectivity index (χ3v) is 4.27. The van der Waals surface area contributed by atoms with Gasteiger partial charge in [0.1, 0.15) is 0 Å².